The van der Waals surface area contributed by atoms with Gasteiger partial charge in [-0.3, -0.25) is 4.90 Å². The molecule has 0 saturated heterocycles. The van der Waals surface area contributed by atoms with E-state index in [0.29, 0.717) is 0 Å². The van der Waals surface area contributed by atoms with E-state index in [1.807, 2.05) is 19.1 Å². The molecule has 2 aromatic carbocycles. The lowest BCUT2D eigenvalue weighted by molar-refractivity contribution is 0.473. The first-order valence-electron chi connectivity index (χ1n) is 9.83. The normalized spacial score (nSPS) is 13.0. The maximum absolute atomic E-state index is 6.22. The van der Waals surface area contributed by atoms with Crippen LogP contribution in [-0.2, 0) is 5.41 Å². The maximum Gasteiger partial charge on any atom is 0.181 e. The zero-order chi connectivity index (χ0) is 20.2. The number of nitrogens with zero attached hydrogens (tertiary/aromatic N) is 2. The maximum atomic E-state index is 6.22. The molecular weight excluding hydrogens is 344 g/mol. The van der Waals surface area contributed by atoms with E-state index >= 15 is 0 Å². The first kappa shape index (κ1) is 18.5. The van der Waals surface area contributed by atoms with E-state index < -0.39 is 0 Å². The van der Waals surface area contributed by atoms with Crippen molar-refractivity contribution in [3.8, 4) is 11.5 Å². The van der Waals surface area contributed by atoms with Crippen LogP contribution in [0.1, 0.15) is 48.7 Å². The molecule has 144 valence electrons. The van der Waals surface area contributed by atoms with Crippen molar-refractivity contribution < 1.29 is 4.74 Å². The molecule has 0 radical (unpaired) electrons. The van der Waals surface area contributed by atoms with Crippen molar-refractivity contribution >= 4 is 17.2 Å². The molecule has 0 unspecified atom stereocenters. The molecule has 3 nitrogen and oxygen atoms in total. The zero-order valence-corrected chi connectivity index (χ0v) is 17.8. The summed E-state index contributed by atoms with van der Waals surface area (Å²) >= 11 is 0. The second-order valence-electron chi connectivity index (χ2n) is 8.89. The molecule has 1 aromatic heterocycles. The highest BCUT2D eigenvalue weighted by Gasteiger charge is 2.30. The Morgan fingerprint density at radius 3 is 2.14 bits per heavy atom. The van der Waals surface area contributed by atoms with Crippen LogP contribution in [0.2, 0.25) is 0 Å². The van der Waals surface area contributed by atoms with E-state index in [9.17, 15) is 0 Å². The summed E-state index contributed by atoms with van der Waals surface area (Å²) < 4.78 is 6.22. The Balaban J connectivity index is 1.99. The molecule has 1 aliphatic rings. The van der Waals surface area contributed by atoms with E-state index in [2.05, 4.69) is 76.8 Å². The smallest absolute Gasteiger partial charge is 0.181 e. The van der Waals surface area contributed by atoms with E-state index in [-0.39, 0.29) is 5.41 Å². The zero-order valence-electron chi connectivity index (χ0n) is 17.8. The molecule has 0 saturated carbocycles. The number of benzene rings is 2. The van der Waals surface area contributed by atoms with Crippen LogP contribution in [-0.4, -0.2) is 4.98 Å². The van der Waals surface area contributed by atoms with Gasteiger partial charge in [-0.2, -0.15) is 0 Å². The van der Waals surface area contributed by atoms with Crippen LogP contribution in [0, 0.1) is 27.7 Å². The fraction of sp³-hybridized carbons (Fsp3) is 0.320. The Morgan fingerprint density at radius 2 is 1.50 bits per heavy atom. The van der Waals surface area contributed by atoms with Crippen molar-refractivity contribution in [1.29, 1.82) is 0 Å². The summed E-state index contributed by atoms with van der Waals surface area (Å²) in [7, 11) is 0. The van der Waals surface area contributed by atoms with Crippen molar-refractivity contribution in [3.05, 3.63) is 70.4 Å². The summed E-state index contributed by atoms with van der Waals surface area (Å²) in [5.41, 5.74) is 8.32. The second kappa shape index (κ2) is 6.37. The van der Waals surface area contributed by atoms with Crippen molar-refractivity contribution in [2.45, 2.75) is 53.9 Å². The van der Waals surface area contributed by atoms with Crippen LogP contribution in [0.25, 0.3) is 0 Å². The van der Waals surface area contributed by atoms with Crippen molar-refractivity contribution in [2.24, 2.45) is 0 Å². The minimum absolute atomic E-state index is 0.112. The third-order valence-corrected chi connectivity index (χ3v) is 5.35. The average molecular weight is 373 g/mol. The number of hydrogen-bond donors (Lipinski definition) is 0. The van der Waals surface area contributed by atoms with Gasteiger partial charge in [-0.05, 0) is 79.6 Å². The summed E-state index contributed by atoms with van der Waals surface area (Å²) in [5, 5.41) is 0. The number of aromatic nitrogens is 1. The fourth-order valence-corrected chi connectivity index (χ4v) is 3.86. The summed E-state index contributed by atoms with van der Waals surface area (Å²) in [6.07, 6.45) is 0. The highest BCUT2D eigenvalue weighted by Crippen LogP contribution is 2.51. The van der Waals surface area contributed by atoms with Gasteiger partial charge in [0.1, 0.15) is 0 Å². The van der Waals surface area contributed by atoms with Crippen molar-refractivity contribution in [1.82, 2.24) is 4.98 Å². The summed E-state index contributed by atoms with van der Waals surface area (Å²) in [5.74, 6) is 2.52. The predicted octanol–water partition coefficient (Wildman–Crippen LogP) is 7.19. The monoisotopic (exact) mass is 372 g/mol. The van der Waals surface area contributed by atoms with Crippen molar-refractivity contribution in [2.75, 3.05) is 4.90 Å². The van der Waals surface area contributed by atoms with Crippen LogP contribution in [0.3, 0.4) is 0 Å². The summed E-state index contributed by atoms with van der Waals surface area (Å²) in [4.78, 5) is 7.11. The molecule has 0 atom stereocenters. The lowest BCUT2D eigenvalue weighted by Crippen LogP contribution is -2.20. The number of aryl methyl sites for hydroxylation is 4. The average Bonchev–Trinajstić information content (AvgIpc) is 2.60. The largest absolute Gasteiger partial charge is 0.451 e. The Labute approximate surface area is 168 Å². The first-order valence-corrected chi connectivity index (χ1v) is 9.83. The number of rotatable bonds is 1. The van der Waals surface area contributed by atoms with Crippen LogP contribution in [0.4, 0.5) is 17.2 Å². The lowest BCUT2D eigenvalue weighted by Gasteiger charge is -2.34. The summed E-state index contributed by atoms with van der Waals surface area (Å²) in [6.45, 7) is 15.3. The lowest BCUT2D eigenvalue weighted by atomic mass is 9.84. The van der Waals surface area contributed by atoms with Gasteiger partial charge in [0, 0.05) is 5.69 Å². The highest BCUT2D eigenvalue weighted by molar-refractivity contribution is 5.87. The van der Waals surface area contributed by atoms with Crippen LogP contribution >= 0.6 is 0 Å². The number of ether oxygens (including phenoxy) is 1. The third-order valence-electron chi connectivity index (χ3n) is 5.35. The van der Waals surface area contributed by atoms with E-state index in [1.54, 1.807) is 0 Å². The van der Waals surface area contributed by atoms with Gasteiger partial charge in [0.2, 0.25) is 0 Å². The van der Waals surface area contributed by atoms with Gasteiger partial charge in [0.05, 0.1) is 11.4 Å². The molecule has 4 rings (SSSR count). The number of pyridine rings is 1. The molecule has 0 N–H and O–H groups in total. The topological polar surface area (TPSA) is 25.4 Å². The van der Waals surface area contributed by atoms with Crippen LogP contribution in [0.15, 0.2) is 42.5 Å². The van der Waals surface area contributed by atoms with E-state index in [0.717, 1.165) is 28.7 Å². The molecule has 0 spiro atoms. The molecule has 3 aromatic rings. The number of hydrogen-bond acceptors (Lipinski definition) is 3. The molecule has 0 bridgehead atoms. The van der Waals surface area contributed by atoms with Gasteiger partial charge < -0.3 is 4.74 Å². The minimum atomic E-state index is 0.112. The Kier molecular flexibility index (Phi) is 4.22. The predicted molar refractivity (Wildman–Crippen MR) is 117 cm³/mol. The second-order valence-corrected chi connectivity index (χ2v) is 8.89. The fourth-order valence-electron chi connectivity index (χ4n) is 3.86. The van der Waals surface area contributed by atoms with Gasteiger partial charge in [0.15, 0.2) is 17.3 Å². The molecule has 0 fully saturated rings. The molecule has 2 heterocycles. The Hall–Kier alpha value is -2.81. The summed E-state index contributed by atoms with van der Waals surface area (Å²) in [6, 6.07) is 15.0. The third kappa shape index (κ3) is 3.05. The SMILES string of the molecule is Cc1ccc2c(c1)Oc1ccc(C)nc1N2c1c(C)cc(C(C)(C)C)cc1C. The van der Waals surface area contributed by atoms with E-state index in [4.69, 9.17) is 9.72 Å². The van der Waals surface area contributed by atoms with Gasteiger partial charge in [-0.1, -0.05) is 39.0 Å². The highest BCUT2D eigenvalue weighted by atomic mass is 16.5. The van der Waals surface area contributed by atoms with Crippen molar-refractivity contribution in [3.63, 3.8) is 0 Å². The quantitative estimate of drug-likeness (QED) is 0.353. The standard InChI is InChI=1S/C25H28N2O/c1-15-8-10-20-22(12-15)28-21-11-9-18(4)26-24(21)27(20)23-16(2)13-19(14-17(23)3)25(5,6)7/h8-14H,1-7H3. The molecule has 0 amide bonds. The van der Waals surface area contributed by atoms with Gasteiger partial charge in [-0.25, -0.2) is 4.98 Å². The molecule has 28 heavy (non-hydrogen) atoms. The Bertz CT molecular complexity index is 1050. The number of anilines is 3. The minimum Gasteiger partial charge on any atom is -0.451 e. The van der Waals surface area contributed by atoms with Gasteiger partial charge >= 0.3 is 0 Å². The van der Waals surface area contributed by atoms with Crippen LogP contribution < -0.4 is 9.64 Å². The van der Waals surface area contributed by atoms with Gasteiger partial charge in [0.25, 0.3) is 0 Å². The molecule has 0 aliphatic carbocycles. The molecule has 1 aliphatic heterocycles. The Morgan fingerprint density at radius 1 is 0.821 bits per heavy atom. The van der Waals surface area contributed by atoms with Gasteiger partial charge in [-0.15, -0.1) is 0 Å². The molecular formula is C25H28N2O. The first-order chi connectivity index (χ1) is 13.1. The molecule has 3 heteroatoms. The van der Waals surface area contributed by atoms with E-state index in [1.165, 1.54) is 27.9 Å². The van der Waals surface area contributed by atoms with Crippen LogP contribution in [0.5, 0.6) is 11.5 Å². The number of fused-ring (bicyclic) bond motifs is 2.